The molecular weight excluding hydrogens is 316 g/mol. The van der Waals surface area contributed by atoms with E-state index in [0.29, 0.717) is 23.5 Å². The lowest BCUT2D eigenvalue weighted by molar-refractivity contribution is 0.0844. The molecule has 0 bridgehead atoms. The van der Waals surface area contributed by atoms with Crippen molar-refractivity contribution in [3.63, 3.8) is 0 Å². The van der Waals surface area contributed by atoms with Gasteiger partial charge >= 0.3 is 0 Å². The lowest BCUT2D eigenvalue weighted by Gasteiger charge is -2.12. The van der Waals surface area contributed by atoms with E-state index in [2.05, 4.69) is 17.8 Å². The highest BCUT2D eigenvalue weighted by atomic mass is 16.5. The van der Waals surface area contributed by atoms with Crippen LogP contribution in [0.2, 0.25) is 0 Å². The summed E-state index contributed by atoms with van der Waals surface area (Å²) < 4.78 is 5.72. The van der Waals surface area contributed by atoms with Gasteiger partial charge in [-0.2, -0.15) is 0 Å². The summed E-state index contributed by atoms with van der Waals surface area (Å²) in [5.41, 5.74) is 5.71. The summed E-state index contributed by atoms with van der Waals surface area (Å²) in [6.07, 6.45) is 4.41. The highest BCUT2D eigenvalue weighted by molar-refractivity contribution is 6.00. The standard InChI is InChI=1S/C20H24N2O3/c1-2-3-4-10-15-25-18-14-9-8-13-17(18)20(24)22-21-19(23)16-11-6-5-7-12-16/h5-9,11-14H,2-4,10,15H2,1H3,(H,21,23)(H,22,24). The summed E-state index contributed by atoms with van der Waals surface area (Å²) in [5.74, 6) is -0.259. The molecule has 0 fully saturated rings. The molecular formula is C20H24N2O3. The second-order valence-electron chi connectivity index (χ2n) is 5.68. The number of carbonyl (C=O) groups excluding carboxylic acids is 2. The van der Waals surface area contributed by atoms with Crippen LogP contribution in [-0.2, 0) is 0 Å². The molecule has 0 saturated carbocycles. The first-order chi connectivity index (χ1) is 12.2. The molecule has 0 spiro atoms. The fraction of sp³-hybridized carbons (Fsp3) is 0.300. The van der Waals surface area contributed by atoms with Crippen molar-refractivity contribution in [3.8, 4) is 5.75 Å². The molecule has 132 valence electrons. The number of amides is 2. The van der Waals surface area contributed by atoms with Gasteiger partial charge in [-0.15, -0.1) is 0 Å². The van der Waals surface area contributed by atoms with Gasteiger partial charge in [0.05, 0.1) is 12.2 Å². The summed E-state index contributed by atoms with van der Waals surface area (Å²) in [5, 5.41) is 0. The van der Waals surface area contributed by atoms with Crippen molar-refractivity contribution in [1.29, 1.82) is 0 Å². The van der Waals surface area contributed by atoms with Crippen LogP contribution in [0, 0.1) is 0 Å². The molecule has 2 amide bonds. The molecule has 0 aliphatic rings. The van der Waals surface area contributed by atoms with E-state index in [1.807, 2.05) is 12.1 Å². The zero-order chi connectivity index (χ0) is 17.9. The van der Waals surface area contributed by atoms with Crippen molar-refractivity contribution in [1.82, 2.24) is 10.9 Å². The summed E-state index contributed by atoms with van der Waals surface area (Å²) in [4.78, 5) is 24.3. The first kappa shape index (κ1) is 18.5. The second kappa shape index (κ2) is 10.1. The van der Waals surface area contributed by atoms with Gasteiger partial charge < -0.3 is 4.74 Å². The van der Waals surface area contributed by atoms with Gasteiger partial charge in [0.25, 0.3) is 11.8 Å². The third-order valence-corrected chi connectivity index (χ3v) is 3.71. The maximum absolute atomic E-state index is 12.3. The number of hydrogen-bond donors (Lipinski definition) is 2. The number of unbranched alkanes of at least 4 members (excludes halogenated alkanes) is 3. The molecule has 0 saturated heterocycles. The minimum Gasteiger partial charge on any atom is -0.493 e. The van der Waals surface area contributed by atoms with Crippen LogP contribution in [0.3, 0.4) is 0 Å². The Bertz CT molecular complexity index is 686. The number of hydrazine groups is 1. The number of benzene rings is 2. The Morgan fingerprint density at radius 1 is 0.840 bits per heavy atom. The average Bonchev–Trinajstić information content (AvgIpc) is 2.66. The topological polar surface area (TPSA) is 67.4 Å². The van der Waals surface area contributed by atoms with Gasteiger partial charge in [-0.3, -0.25) is 20.4 Å². The van der Waals surface area contributed by atoms with Crippen LogP contribution < -0.4 is 15.6 Å². The predicted octanol–water partition coefficient (Wildman–Crippen LogP) is 3.72. The fourth-order valence-electron chi connectivity index (χ4n) is 2.33. The molecule has 0 atom stereocenters. The quantitative estimate of drug-likeness (QED) is 0.568. The van der Waals surface area contributed by atoms with Crippen molar-refractivity contribution in [2.75, 3.05) is 6.61 Å². The molecule has 25 heavy (non-hydrogen) atoms. The Hall–Kier alpha value is -2.82. The smallest absolute Gasteiger partial charge is 0.273 e. The van der Waals surface area contributed by atoms with E-state index in [1.165, 1.54) is 12.8 Å². The van der Waals surface area contributed by atoms with E-state index >= 15 is 0 Å². The summed E-state index contributed by atoms with van der Waals surface area (Å²) in [7, 11) is 0. The summed E-state index contributed by atoms with van der Waals surface area (Å²) in [6.45, 7) is 2.73. The molecule has 5 heteroatoms. The highest BCUT2D eigenvalue weighted by Gasteiger charge is 2.13. The Labute approximate surface area is 148 Å². The Morgan fingerprint density at radius 2 is 1.52 bits per heavy atom. The third-order valence-electron chi connectivity index (χ3n) is 3.71. The molecule has 0 aliphatic heterocycles. The molecule has 0 aliphatic carbocycles. The maximum Gasteiger partial charge on any atom is 0.273 e. The zero-order valence-corrected chi connectivity index (χ0v) is 14.5. The molecule has 0 heterocycles. The van der Waals surface area contributed by atoms with Crippen LogP contribution in [0.5, 0.6) is 5.75 Å². The van der Waals surface area contributed by atoms with Crippen LogP contribution in [0.25, 0.3) is 0 Å². The fourth-order valence-corrected chi connectivity index (χ4v) is 2.33. The largest absolute Gasteiger partial charge is 0.493 e. The lowest BCUT2D eigenvalue weighted by Crippen LogP contribution is -2.41. The van der Waals surface area contributed by atoms with Crippen molar-refractivity contribution in [2.24, 2.45) is 0 Å². The van der Waals surface area contributed by atoms with Crippen LogP contribution in [0.15, 0.2) is 54.6 Å². The SMILES string of the molecule is CCCCCCOc1ccccc1C(=O)NNC(=O)c1ccccc1. The first-order valence-corrected chi connectivity index (χ1v) is 8.60. The molecule has 0 aromatic heterocycles. The second-order valence-corrected chi connectivity index (χ2v) is 5.68. The Morgan fingerprint density at radius 3 is 2.28 bits per heavy atom. The maximum atomic E-state index is 12.3. The van der Waals surface area contributed by atoms with Gasteiger partial charge in [-0.05, 0) is 30.7 Å². The lowest BCUT2D eigenvalue weighted by atomic mass is 10.2. The first-order valence-electron chi connectivity index (χ1n) is 8.60. The number of nitrogens with one attached hydrogen (secondary N) is 2. The van der Waals surface area contributed by atoms with Crippen LogP contribution in [0.4, 0.5) is 0 Å². The van der Waals surface area contributed by atoms with Crippen LogP contribution >= 0.6 is 0 Å². The van der Waals surface area contributed by atoms with E-state index in [1.54, 1.807) is 42.5 Å². The number of carbonyl (C=O) groups is 2. The molecule has 0 radical (unpaired) electrons. The van der Waals surface area contributed by atoms with Crippen molar-refractivity contribution >= 4 is 11.8 Å². The Kier molecular flexibility index (Phi) is 7.50. The number of hydrogen-bond acceptors (Lipinski definition) is 3. The van der Waals surface area contributed by atoms with Gasteiger partial charge in [0.1, 0.15) is 5.75 Å². The predicted molar refractivity (Wildman–Crippen MR) is 97.5 cm³/mol. The number of rotatable bonds is 8. The van der Waals surface area contributed by atoms with E-state index in [4.69, 9.17) is 4.74 Å². The molecule has 5 nitrogen and oxygen atoms in total. The molecule has 2 aromatic rings. The molecule has 0 unspecified atom stereocenters. The van der Waals surface area contributed by atoms with Crippen molar-refractivity contribution in [2.45, 2.75) is 32.6 Å². The van der Waals surface area contributed by atoms with Crippen LogP contribution in [-0.4, -0.2) is 18.4 Å². The zero-order valence-electron chi connectivity index (χ0n) is 14.5. The van der Waals surface area contributed by atoms with E-state index in [0.717, 1.165) is 12.8 Å². The van der Waals surface area contributed by atoms with Gasteiger partial charge in [-0.1, -0.05) is 56.5 Å². The minimum atomic E-state index is -0.409. The molecule has 2 rings (SSSR count). The van der Waals surface area contributed by atoms with Gasteiger partial charge in [0.15, 0.2) is 0 Å². The van der Waals surface area contributed by atoms with Crippen molar-refractivity contribution < 1.29 is 14.3 Å². The highest BCUT2D eigenvalue weighted by Crippen LogP contribution is 2.18. The van der Waals surface area contributed by atoms with Gasteiger partial charge in [-0.25, -0.2) is 0 Å². The minimum absolute atomic E-state index is 0.369. The molecule has 2 aromatic carbocycles. The van der Waals surface area contributed by atoms with E-state index < -0.39 is 5.91 Å². The van der Waals surface area contributed by atoms with E-state index in [9.17, 15) is 9.59 Å². The summed E-state index contributed by atoms with van der Waals surface area (Å²) in [6, 6.07) is 15.7. The number of ether oxygens (including phenoxy) is 1. The normalized spacial score (nSPS) is 10.1. The Balaban J connectivity index is 1.89. The van der Waals surface area contributed by atoms with Crippen LogP contribution in [0.1, 0.15) is 53.3 Å². The van der Waals surface area contributed by atoms with Gasteiger partial charge in [0.2, 0.25) is 0 Å². The van der Waals surface area contributed by atoms with Crippen molar-refractivity contribution in [3.05, 3.63) is 65.7 Å². The molecule has 2 N–H and O–H groups in total. The average molecular weight is 340 g/mol. The summed E-state index contributed by atoms with van der Waals surface area (Å²) >= 11 is 0. The monoisotopic (exact) mass is 340 g/mol. The third kappa shape index (κ3) is 5.95. The van der Waals surface area contributed by atoms with Gasteiger partial charge in [0, 0.05) is 5.56 Å². The van der Waals surface area contributed by atoms with E-state index in [-0.39, 0.29) is 5.91 Å². The number of para-hydroxylation sites is 1.